The topological polar surface area (TPSA) is 88.8 Å². The van der Waals surface area contributed by atoms with Crippen LogP contribution in [0.5, 0.6) is 0 Å². The van der Waals surface area contributed by atoms with Crippen LogP contribution < -0.4 is 11.1 Å². The highest BCUT2D eigenvalue weighted by molar-refractivity contribution is 7.22. The fraction of sp³-hybridized carbons (Fsp3) is 0.300. The predicted molar refractivity (Wildman–Crippen MR) is 108 cm³/mol. The molecular weight excluding hydrogens is 358 g/mol. The maximum atomic E-state index is 6.32. The summed E-state index contributed by atoms with van der Waals surface area (Å²) >= 11 is 1.54. The van der Waals surface area contributed by atoms with Crippen molar-refractivity contribution in [2.45, 2.75) is 25.0 Å². The van der Waals surface area contributed by atoms with Gasteiger partial charge in [0, 0.05) is 29.2 Å². The lowest BCUT2D eigenvalue weighted by atomic mass is 9.77. The Labute approximate surface area is 159 Å². The average Bonchev–Trinajstić information content (AvgIpc) is 3.31. The summed E-state index contributed by atoms with van der Waals surface area (Å²) in [7, 11) is 0. The summed E-state index contributed by atoms with van der Waals surface area (Å²) in [5.41, 5.74) is 11.6. The summed E-state index contributed by atoms with van der Waals surface area (Å²) in [6.07, 6.45) is 4.23. The van der Waals surface area contributed by atoms with Crippen LogP contribution in [0, 0.1) is 5.92 Å². The van der Waals surface area contributed by atoms with E-state index >= 15 is 0 Å². The third kappa shape index (κ3) is 2.28. The standard InChI is InChI=1S/C20H19N5OS/c21-20-24-14-4-3-10(8-16(14)27-20)18-11-2-1-7-26-19(11)17-12-9-22-25-13(12)5-6-15(17)23-18/h3-6,8-9,11,18-19,23H,1-2,7H2,(H2,21,24)(H,22,25)/t11-,18-,19-/m0/s1. The zero-order chi connectivity index (χ0) is 18.0. The molecule has 27 heavy (non-hydrogen) atoms. The number of hydrogen-bond donors (Lipinski definition) is 3. The van der Waals surface area contributed by atoms with Crippen LogP contribution in [0.3, 0.4) is 0 Å². The molecule has 4 heterocycles. The molecule has 1 saturated heterocycles. The molecule has 2 aromatic carbocycles. The number of aromatic nitrogens is 3. The molecule has 3 atom stereocenters. The highest BCUT2D eigenvalue weighted by atomic mass is 32.1. The number of nitrogens with zero attached hydrogens (tertiary/aromatic N) is 2. The van der Waals surface area contributed by atoms with Gasteiger partial charge in [0.25, 0.3) is 0 Å². The number of nitrogen functional groups attached to an aromatic ring is 1. The van der Waals surface area contributed by atoms with Crippen LogP contribution in [0.2, 0.25) is 0 Å². The molecule has 0 radical (unpaired) electrons. The summed E-state index contributed by atoms with van der Waals surface area (Å²) < 4.78 is 7.45. The third-order valence-electron chi connectivity index (χ3n) is 5.85. The number of rotatable bonds is 1. The second kappa shape index (κ2) is 5.68. The lowest BCUT2D eigenvalue weighted by molar-refractivity contribution is -0.0372. The number of H-pyrrole nitrogens is 1. The van der Waals surface area contributed by atoms with Gasteiger partial charge in [0.2, 0.25) is 0 Å². The summed E-state index contributed by atoms with van der Waals surface area (Å²) in [5, 5.41) is 12.9. The predicted octanol–water partition coefficient (Wildman–Crippen LogP) is 4.39. The number of benzene rings is 2. The Kier molecular flexibility index (Phi) is 3.24. The van der Waals surface area contributed by atoms with Crippen LogP contribution in [-0.2, 0) is 4.74 Å². The van der Waals surface area contributed by atoms with Crippen LogP contribution in [0.4, 0.5) is 10.8 Å². The summed E-state index contributed by atoms with van der Waals surface area (Å²) in [4.78, 5) is 4.39. The van der Waals surface area contributed by atoms with E-state index in [0.29, 0.717) is 11.0 Å². The Hall–Kier alpha value is -2.64. The lowest BCUT2D eigenvalue weighted by Crippen LogP contribution is -2.36. The Morgan fingerprint density at radius 2 is 2.19 bits per heavy atom. The van der Waals surface area contributed by atoms with Crippen LogP contribution in [0.25, 0.3) is 21.1 Å². The second-order valence-electron chi connectivity index (χ2n) is 7.36. The van der Waals surface area contributed by atoms with Gasteiger partial charge >= 0.3 is 0 Å². The molecule has 0 bridgehead atoms. The van der Waals surface area contributed by atoms with E-state index in [0.717, 1.165) is 46.3 Å². The van der Waals surface area contributed by atoms with Gasteiger partial charge in [-0.2, -0.15) is 5.10 Å². The zero-order valence-electron chi connectivity index (χ0n) is 14.6. The monoisotopic (exact) mass is 377 g/mol. The van der Waals surface area contributed by atoms with Crippen molar-refractivity contribution < 1.29 is 4.74 Å². The normalized spacial score (nSPS) is 24.5. The van der Waals surface area contributed by atoms with E-state index < -0.39 is 0 Å². The molecule has 0 spiro atoms. The van der Waals surface area contributed by atoms with E-state index in [2.05, 4.69) is 50.8 Å². The van der Waals surface area contributed by atoms with Crippen LogP contribution >= 0.6 is 11.3 Å². The summed E-state index contributed by atoms with van der Waals surface area (Å²) in [6, 6.07) is 10.9. The van der Waals surface area contributed by atoms with Crippen molar-refractivity contribution in [1.29, 1.82) is 0 Å². The number of hydrogen-bond acceptors (Lipinski definition) is 6. The molecule has 2 aliphatic heterocycles. The van der Waals surface area contributed by atoms with E-state index in [1.165, 1.54) is 11.1 Å². The van der Waals surface area contributed by atoms with Crippen LogP contribution in [0.15, 0.2) is 36.5 Å². The smallest absolute Gasteiger partial charge is 0.181 e. The highest BCUT2D eigenvalue weighted by Crippen LogP contribution is 2.51. The van der Waals surface area contributed by atoms with Crippen molar-refractivity contribution in [1.82, 2.24) is 15.2 Å². The minimum Gasteiger partial charge on any atom is -0.378 e. The molecule has 4 N–H and O–H groups in total. The lowest BCUT2D eigenvalue weighted by Gasteiger charge is -2.43. The summed E-state index contributed by atoms with van der Waals surface area (Å²) in [5.74, 6) is 0.384. The molecule has 1 fully saturated rings. The first-order valence-corrected chi connectivity index (χ1v) is 10.1. The molecule has 4 aromatic rings. The van der Waals surface area contributed by atoms with Crippen molar-refractivity contribution in [2.75, 3.05) is 17.7 Å². The second-order valence-corrected chi connectivity index (χ2v) is 8.42. The van der Waals surface area contributed by atoms with Crippen molar-refractivity contribution in [2.24, 2.45) is 5.92 Å². The van der Waals surface area contributed by atoms with Crippen molar-refractivity contribution in [3.8, 4) is 0 Å². The Morgan fingerprint density at radius 3 is 3.15 bits per heavy atom. The fourth-order valence-electron chi connectivity index (χ4n) is 4.67. The largest absolute Gasteiger partial charge is 0.378 e. The number of thiazole rings is 1. The fourth-order valence-corrected chi connectivity index (χ4v) is 5.46. The first-order valence-electron chi connectivity index (χ1n) is 9.28. The molecule has 6 rings (SSSR count). The molecule has 0 saturated carbocycles. The quantitative estimate of drug-likeness (QED) is 0.458. The minimum absolute atomic E-state index is 0.0866. The average molecular weight is 377 g/mol. The molecule has 7 heteroatoms. The SMILES string of the molecule is Nc1nc2ccc([C@@H]3Nc4ccc5[nH]ncc5c4[C@H]4OCCC[C@H]43)cc2s1. The maximum Gasteiger partial charge on any atom is 0.181 e. The maximum absolute atomic E-state index is 6.32. The molecule has 2 aromatic heterocycles. The Bertz CT molecular complexity index is 1170. The van der Waals surface area contributed by atoms with Crippen molar-refractivity contribution in [3.63, 3.8) is 0 Å². The molecular formula is C20H19N5OS. The number of nitrogens with two attached hydrogens (primary N) is 1. The van der Waals surface area contributed by atoms with Gasteiger partial charge in [-0.05, 0) is 42.7 Å². The van der Waals surface area contributed by atoms with Gasteiger partial charge in [0.15, 0.2) is 5.13 Å². The van der Waals surface area contributed by atoms with Gasteiger partial charge in [0.05, 0.1) is 34.1 Å². The number of anilines is 2. The first kappa shape index (κ1) is 15.4. The number of nitrogens with one attached hydrogen (secondary N) is 2. The van der Waals surface area contributed by atoms with Gasteiger partial charge < -0.3 is 15.8 Å². The number of ether oxygens (including phenoxy) is 1. The summed E-state index contributed by atoms with van der Waals surface area (Å²) in [6.45, 7) is 0.811. The molecule has 2 aliphatic rings. The van der Waals surface area contributed by atoms with E-state index in [9.17, 15) is 0 Å². The van der Waals surface area contributed by atoms with Gasteiger partial charge in [-0.25, -0.2) is 4.98 Å². The molecule has 0 aliphatic carbocycles. The van der Waals surface area contributed by atoms with E-state index in [1.54, 1.807) is 11.3 Å². The van der Waals surface area contributed by atoms with E-state index in [1.807, 2.05) is 6.20 Å². The molecule has 136 valence electrons. The molecule has 6 nitrogen and oxygen atoms in total. The van der Waals surface area contributed by atoms with E-state index in [4.69, 9.17) is 10.5 Å². The van der Waals surface area contributed by atoms with Crippen molar-refractivity contribution in [3.05, 3.63) is 47.7 Å². The van der Waals surface area contributed by atoms with Gasteiger partial charge in [-0.3, -0.25) is 5.10 Å². The van der Waals surface area contributed by atoms with Crippen LogP contribution in [0.1, 0.15) is 36.1 Å². The van der Waals surface area contributed by atoms with Gasteiger partial charge in [0.1, 0.15) is 0 Å². The van der Waals surface area contributed by atoms with Gasteiger partial charge in [-0.1, -0.05) is 17.4 Å². The number of fused-ring (bicyclic) bond motifs is 6. The Balaban J connectivity index is 1.51. The Morgan fingerprint density at radius 1 is 1.22 bits per heavy atom. The molecule has 0 amide bonds. The first-order chi connectivity index (χ1) is 13.3. The third-order valence-corrected chi connectivity index (χ3v) is 6.69. The number of aromatic amines is 1. The highest BCUT2D eigenvalue weighted by Gasteiger charge is 2.41. The van der Waals surface area contributed by atoms with Gasteiger partial charge in [-0.15, -0.1) is 0 Å². The van der Waals surface area contributed by atoms with Crippen LogP contribution in [-0.4, -0.2) is 21.8 Å². The van der Waals surface area contributed by atoms with E-state index in [-0.39, 0.29) is 12.1 Å². The van der Waals surface area contributed by atoms with Crippen molar-refractivity contribution >= 4 is 43.3 Å². The molecule has 0 unspecified atom stereocenters. The zero-order valence-corrected chi connectivity index (χ0v) is 15.4. The minimum atomic E-state index is 0.0866.